The number of hydrogen-bond donors (Lipinski definition) is 0. The highest BCUT2D eigenvalue weighted by atomic mass is 16.3. The van der Waals surface area contributed by atoms with Gasteiger partial charge in [-0.25, -0.2) is 0 Å². The Morgan fingerprint density at radius 2 is 0.902 bits per heavy atom. The molecule has 0 saturated heterocycles. The van der Waals surface area contributed by atoms with Crippen LogP contribution < -0.4 is 4.90 Å². The monoisotopic (exact) mass is 778 g/mol. The predicted molar refractivity (Wildman–Crippen MR) is 257 cm³/mol. The highest BCUT2D eigenvalue weighted by Crippen LogP contribution is 2.48. The molecule has 0 radical (unpaired) electrons. The largest absolute Gasteiger partial charge is 0.456 e. The summed E-state index contributed by atoms with van der Waals surface area (Å²) in [7, 11) is 0. The van der Waals surface area contributed by atoms with Crippen LogP contribution in [0.2, 0.25) is 0 Å². The van der Waals surface area contributed by atoms with E-state index in [2.05, 4.69) is 228 Å². The summed E-state index contributed by atoms with van der Waals surface area (Å²) in [5.41, 5.74) is 15.6. The Bertz CT molecular complexity index is 3530. The van der Waals surface area contributed by atoms with Gasteiger partial charge in [0.1, 0.15) is 11.2 Å². The maximum absolute atomic E-state index is 6.34. The van der Waals surface area contributed by atoms with Gasteiger partial charge < -0.3 is 13.9 Å². The number of fused-ring (bicyclic) bond motifs is 7. The molecule has 2 heterocycles. The van der Waals surface area contributed by atoms with Gasteiger partial charge in [0.15, 0.2) is 0 Å². The normalized spacial score (nSPS) is 11.6. The number of nitrogens with zero attached hydrogens (tertiary/aromatic N) is 2. The minimum Gasteiger partial charge on any atom is -0.456 e. The van der Waals surface area contributed by atoms with Crippen molar-refractivity contribution in [1.29, 1.82) is 0 Å². The van der Waals surface area contributed by atoms with Gasteiger partial charge in [-0.1, -0.05) is 164 Å². The fourth-order valence-electron chi connectivity index (χ4n) is 9.40. The van der Waals surface area contributed by atoms with Crippen molar-refractivity contribution in [2.24, 2.45) is 0 Å². The van der Waals surface area contributed by atoms with Crippen LogP contribution in [0, 0.1) is 0 Å². The van der Waals surface area contributed by atoms with Gasteiger partial charge in [0.2, 0.25) is 0 Å². The smallest absolute Gasteiger partial charge is 0.135 e. The minimum absolute atomic E-state index is 0.873. The van der Waals surface area contributed by atoms with Crippen LogP contribution in [-0.4, -0.2) is 4.57 Å². The molecule has 0 atom stereocenters. The van der Waals surface area contributed by atoms with Crippen LogP contribution in [0.15, 0.2) is 235 Å². The van der Waals surface area contributed by atoms with E-state index in [0.29, 0.717) is 0 Å². The molecular formula is C58H38N2O. The minimum atomic E-state index is 0.873. The summed E-state index contributed by atoms with van der Waals surface area (Å²) in [4.78, 5) is 2.44. The van der Waals surface area contributed by atoms with Gasteiger partial charge in [-0.3, -0.25) is 0 Å². The third-order valence-corrected chi connectivity index (χ3v) is 12.2. The number of para-hydroxylation sites is 4. The predicted octanol–water partition coefficient (Wildman–Crippen LogP) is 16.3. The maximum atomic E-state index is 6.34. The van der Waals surface area contributed by atoms with Crippen LogP contribution >= 0.6 is 0 Å². The standard InChI is InChI=1S/C58H38N2O/c1-4-16-39(17-5-1)48-25-14-26-49(40-18-6-2-7-19-40)58(48)59(46-34-35-56-52(38-46)50-22-11-13-29-55(50)61-56)45-33-32-41-36-43(31-30-42(41)37-45)47-24-15-28-54-57(47)51-23-10-12-27-53(51)60(54)44-20-8-3-9-21-44/h1-38H. The summed E-state index contributed by atoms with van der Waals surface area (Å²) in [6.45, 7) is 0. The second kappa shape index (κ2) is 14.3. The molecule has 0 N–H and O–H groups in total. The number of rotatable bonds is 7. The van der Waals surface area contributed by atoms with Gasteiger partial charge in [0.25, 0.3) is 0 Å². The lowest BCUT2D eigenvalue weighted by Crippen LogP contribution is -2.12. The zero-order valence-corrected chi connectivity index (χ0v) is 33.2. The molecule has 0 aliphatic carbocycles. The first-order chi connectivity index (χ1) is 30.3. The summed E-state index contributed by atoms with van der Waals surface area (Å²) >= 11 is 0. The number of furan rings is 1. The van der Waals surface area contributed by atoms with Gasteiger partial charge in [-0.05, 0) is 99.8 Å². The Morgan fingerprint density at radius 3 is 1.67 bits per heavy atom. The summed E-state index contributed by atoms with van der Waals surface area (Å²) < 4.78 is 8.73. The lowest BCUT2D eigenvalue weighted by molar-refractivity contribution is 0.669. The van der Waals surface area contributed by atoms with Crippen molar-refractivity contribution in [1.82, 2.24) is 4.57 Å². The van der Waals surface area contributed by atoms with Crippen molar-refractivity contribution >= 4 is 71.6 Å². The van der Waals surface area contributed by atoms with Crippen molar-refractivity contribution in [3.63, 3.8) is 0 Å². The van der Waals surface area contributed by atoms with Crippen LogP contribution in [0.1, 0.15) is 0 Å². The molecule has 12 rings (SSSR count). The van der Waals surface area contributed by atoms with E-state index < -0.39 is 0 Å². The Labute approximate surface area is 353 Å². The Morgan fingerprint density at radius 1 is 0.344 bits per heavy atom. The zero-order chi connectivity index (χ0) is 40.3. The topological polar surface area (TPSA) is 21.3 Å². The zero-order valence-electron chi connectivity index (χ0n) is 33.2. The second-order valence-electron chi connectivity index (χ2n) is 15.7. The highest BCUT2D eigenvalue weighted by Gasteiger charge is 2.24. The molecule has 3 nitrogen and oxygen atoms in total. The van der Waals surface area contributed by atoms with E-state index in [0.717, 1.165) is 66.9 Å². The quantitative estimate of drug-likeness (QED) is 0.161. The summed E-state index contributed by atoms with van der Waals surface area (Å²) in [6.07, 6.45) is 0. The van der Waals surface area contributed by atoms with Gasteiger partial charge in [0.05, 0.1) is 16.7 Å². The first-order valence-corrected chi connectivity index (χ1v) is 20.8. The molecule has 0 saturated carbocycles. The lowest BCUT2D eigenvalue weighted by atomic mass is 9.93. The van der Waals surface area contributed by atoms with E-state index in [1.807, 2.05) is 12.1 Å². The first kappa shape index (κ1) is 34.9. The molecule has 0 aliphatic rings. The SMILES string of the molecule is c1ccc(-c2cccc(-c3ccccc3)c2N(c2ccc3cc(-c4cccc5c4c4ccccc4n5-c4ccccc4)ccc3c2)c2ccc3oc4ccccc4c3c2)cc1. The molecule has 61 heavy (non-hydrogen) atoms. The maximum Gasteiger partial charge on any atom is 0.135 e. The number of benzene rings is 10. The van der Waals surface area contributed by atoms with Crippen molar-refractivity contribution in [2.75, 3.05) is 4.90 Å². The molecule has 10 aromatic carbocycles. The lowest BCUT2D eigenvalue weighted by Gasteiger charge is -2.30. The molecular weight excluding hydrogens is 741 g/mol. The molecule has 0 aliphatic heterocycles. The molecule has 12 aromatic rings. The van der Waals surface area contributed by atoms with Crippen molar-refractivity contribution in [2.45, 2.75) is 0 Å². The second-order valence-corrected chi connectivity index (χ2v) is 15.7. The molecule has 0 amide bonds. The van der Waals surface area contributed by atoms with Crippen LogP contribution in [0.25, 0.3) is 93.6 Å². The molecule has 0 spiro atoms. The summed E-state index contributed by atoms with van der Waals surface area (Å²) in [6, 6.07) is 83.0. The first-order valence-electron chi connectivity index (χ1n) is 20.8. The fourth-order valence-corrected chi connectivity index (χ4v) is 9.40. The Hall–Kier alpha value is -8.14. The van der Waals surface area contributed by atoms with Gasteiger partial charge in [0, 0.05) is 49.7 Å². The third-order valence-electron chi connectivity index (χ3n) is 12.2. The summed E-state index contributed by atoms with van der Waals surface area (Å²) in [5.74, 6) is 0. The van der Waals surface area contributed by atoms with E-state index >= 15 is 0 Å². The molecule has 0 unspecified atom stereocenters. The molecule has 2 aromatic heterocycles. The van der Waals surface area contributed by atoms with Crippen LogP contribution in [-0.2, 0) is 0 Å². The van der Waals surface area contributed by atoms with E-state index in [-0.39, 0.29) is 0 Å². The van der Waals surface area contributed by atoms with E-state index in [1.54, 1.807) is 0 Å². The average Bonchev–Trinajstić information content (AvgIpc) is 3.88. The molecule has 0 bridgehead atoms. The van der Waals surface area contributed by atoms with E-state index in [9.17, 15) is 0 Å². The molecule has 286 valence electrons. The molecule has 0 fully saturated rings. The van der Waals surface area contributed by atoms with Crippen LogP contribution in [0.5, 0.6) is 0 Å². The molecule has 3 heteroatoms. The fraction of sp³-hybridized carbons (Fsp3) is 0. The average molecular weight is 779 g/mol. The Kier molecular flexibility index (Phi) is 8.17. The van der Waals surface area contributed by atoms with Crippen LogP contribution in [0.4, 0.5) is 17.1 Å². The van der Waals surface area contributed by atoms with Gasteiger partial charge in [-0.15, -0.1) is 0 Å². The van der Waals surface area contributed by atoms with Crippen LogP contribution in [0.3, 0.4) is 0 Å². The third kappa shape index (κ3) is 5.82. The number of aromatic nitrogens is 1. The Balaban J connectivity index is 1.07. The number of hydrogen-bond acceptors (Lipinski definition) is 2. The van der Waals surface area contributed by atoms with Crippen molar-refractivity contribution in [3.05, 3.63) is 231 Å². The van der Waals surface area contributed by atoms with E-state index in [1.165, 1.54) is 43.7 Å². The van der Waals surface area contributed by atoms with Crippen molar-refractivity contribution < 1.29 is 4.42 Å². The number of anilines is 3. The van der Waals surface area contributed by atoms with Crippen molar-refractivity contribution in [3.8, 4) is 39.1 Å². The summed E-state index contributed by atoms with van der Waals surface area (Å²) in [5, 5.41) is 7.05. The van der Waals surface area contributed by atoms with Gasteiger partial charge in [-0.2, -0.15) is 0 Å². The van der Waals surface area contributed by atoms with E-state index in [4.69, 9.17) is 4.42 Å². The highest BCUT2D eigenvalue weighted by molar-refractivity contribution is 6.16. The van der Waals surface area contributed by atoms with Gasteiger partial charge >= 0.3 is 0 Å².